The van der Waals surface area contributed by atoms with E-state index < -0.39 is 5.41 Å². The lowest BCUT2D eigenvalue weighted by Gasteiger charge is -2.25. The van der Waals surface area contributed by atoms with Crippen molar-refractivity contribution >= 4 is 17.3 Å². The number of nitrogens with one attached hydrogen (secondary N) is 2. The van der Waals surface area contributed by atoms with Gasteiger partial charge in [-0.2, -0.15) is 0 Å². The van der Waals surface area contributed by atoms with Crippen LogP contribution in [0.4, 0.5) is 15.8 Å². The molecule has 0 saturated carbocycles. The van der Waals surface area contributed by atoms with Crippen molar-refractivity contribution in [2.24, 2.45) is 0 Å². The normalized spacial score (nSPS) is 13.9. The quantitative estimate of drug-likeness (QED) is 0.912. The van der Waals surface area contributed by atoms with Gasteiger partial charge in [-0.1, -0.05) is 0 Å². The highest BCUT2D eigenvalue weighted by molar-refractivity contribution is 5.98. The summed E-state index contributed by atoms with van der Waals surface area (Å²) in [6, 6.07) is 9.63. The Hall–Kier alpha value is -2.43. The van der Waals surface area contributed by atoms with Crippen molar-refractivity contribution in [3.8, 4) is 0 Å². The molecule has 2 aromatic rings. The summed E-state index contributed by atoms with van der Waals surface area (Å²) in [6.45, 7) is 4.65. The fraction of sp³-hybridized carbons (Fsp3) is 0.333. The molecule has 23 heavy (non-hydrogen) atoms. The van der Waals surface area contributed by atoms with Crippen molar-refractivity contribution in [2.45, 2.75) is 32.1 Å². The van der Waals surface area contributed by atoms with Gasteiger partial charge in [-0.3, -0.25) is 9.78 Å². The Balaban J connectivity index is 1.82. The molecule has 1 aliphatic rings. The Kier molecular flexibility index (Phi) is 4.03. The second-order valence-corrected chi connectivity index (χ2v) is 6.31. The predicted molar refractivity (Wildman–Crippen MR) is 89.1 cm³/mol. The van der Waals surface area contributed by atoms with Gasteiger partial charge in [0.15, 0.2) is 0 Å². The fourth-order valence-electron chi connectivity index (χ4n) is 2.62. The van der Waals surface area contributed by atoms with E-state index in [1.807, 2.05) is 26.0 Å². The molecule has 1 aliphatic heterocycles. The molecule has 2 N–H and O–H groups in total. The summed E-state index contributed by atoms with van der Waals surface area (Å²) in [6.07, 6.45) is 1.97. The van der Waals surface area contributed by atoms with Gasteiger partial charge in [-0.25, -0.2) is 4.39 Å². The van der Waals surface area contributed by atoms with E-state index in [2.05, 4.69) is 15.6 Å². The molecule has 0 bridgehead atoms. The molecule has 0 unspecified atom stereocenters. The number of carbonyl (C=O) groups excluding carboxylic acids is 1. The number of hydrogen-bond acceptors (Lipinski definition) is 3. The molecule has 1 aromatic heterocycles. The van der Waals surface area contributed by atoms with Gasteiger partial charge in [0.05, 0.1) is 22.5 Å². The van der Waals surface area contributed by atoms with E-state index in [0.717, 1.165) is 36.5 Å². The highest BCUT2D eigenvalue weighted by atomic mass is 19.1. The SMILES string of the molecule is CC(C)(C(=O)Nc1ccc(F)cc1)c1ccc2c(n1)CCCN2. The maximum absolute atomic E-state index is 13.0. The van der Waals surface area contributed by atoms with Gasteiger partial charge in [-0.15, -0.1) is 0 Å². The van der Waals surface area contributed by atoms with Crippen LogP contribution in [0, 0.1) is 5.82 Å². The van der Waals surface area contributed by atoms with Crippen LogP contribution in [0.15, 0.2) is 36.4 Å². The lowest BCUT2D eigenvalue weighted by atomic mass is 9.87. The molecule has 0 spiro atoms. The minimum absolute atomic E-state index is 0.166. The lowest BCUT2D eigenvalue weighted by molar-refractivity contribution is -0.120. The number of halogens is 1. The second kappa shape index (κ2) is 5.99. The van der Waals surface area contributed by atoms with Crippen molar-refractivity contribution in [3.63, 3.8) is 0 Å². The van der Waals surface area contributed by atoms with Gasteiger partial charge >= 0.3 is 0 Å². The molecule has 0 saturated heterocycles. The predicted octanol–water partition coefficient (Wildman–Crippen LogP) is 3.50. The van der Waals surface area contributed by atoms with Crippen LogP contribution >= 0.6 is 0 Å². The molecular formula is C18H20FN3O. The van der Waals surface area contributed by atoms with Gasteiger partial charge in [0, 0.05) is 12.2 Å². The summed E-state index contributed by atoms with van der Waals surface area (Å²) >= 11 is 0. The summed E-state index contributed by atoms with van der Waals surface area (Å²) in [5.74, 6) is -0.494. The number of aryl methyl sites for hydroxylation is 1. The molecule has 4 nitrogen and oxygen atoms in total. The van der Waals surface area contributed by atoms with Crippen LogP contribution in [0.1, 0.15) is 31.7 Å². The van der Waals surface area contributed by atoms with E-state index in [-0.39, 0.29) is 11.7 Å². The van der Waals surface area contributed by atoms with Crippen LogP contribution in [0.2, 0.25) is 0 Å². The molecule has 1 aromatic carbocycles. The number of nitrogens with zero attached hydrogens (tertiary/aromatic N) is 1. The molecule has 3 rings (SSSR count). The van der Waals surface area contributed by atoms with E-state index in [9.17, 15) is 9.18 Å². The Bertz CT molecular complexity index is 726. The van der Waals surface area contributed by atoms with Crippen molar-refractivity contribution in [2.75, 3.05) is 17.2 Å². The number of fused-ring (bicyclic) bond motifs is 1. The number of benzene rings is 1. The lowest BCUT2D eigenvalue weighted by Crippen LogP contribution is -2.36. The van der Waals surface area contributed by atoms with E-state index in [4.69, 9.17) is 0 Å². The monoisotopic (exact) mass is 313 g/mol. The third kappa shape index (κ3) is 3.18. The average molecular weight is 313 g/mol. The zero-order chi connectivity index (χ0) is 16.4. The summed E-state index contributed by atoms with van der Waals surface area (Å²) in [5, 5.41) is 6.14. The minimum atomic E-state index is -0.777. The van der Waals surface area contributed by atoms with Crippen molar-refractivity contribution in [3.05, 3.63) is 53.6 Å². The van der Waals surface area contributed by atoms with E-state index in [1.165, 1.54) is 12.1 Å². The fourth-order valence-corrected chi connectivity index (χ4v) is 2.62. The van der Waals surface area contributed by atoms with Crippen molar-refractivity contribution in [1.82, 2.24) is 4.98 Å². The first-order valence-corrected chi connectivity index (χ1v) is 7.78. The smallest absolute Gasteiger partial charge is 0.236 e. The molecule has 1 amide bonds. The summed E-state index contributed by atoms with van der Waals surface area (Å²) in [7, 11) is 0. The van der Waals surface area contributed by atoms with Crippen LogP contribution < -0.4 is 10.6 Å². The molecule has 5 heteroatoms. The summed E-state index contributed by atoms with van der Waals surface area (Å²) < 4.78 is 13.0. The largest absolute Gasteiger partial charge is 0.384 e. The first-order chi connectivity index (χ1) is 11.0. The highest BCUT2D eigenvalue weighted by Crippen LogP contribution is 2.28. The minimum Gasteiger partial charge on any atom is -0.384 e. The number of pyridine rings is 1. The Labute approximate surface area is 135 Å². The summed E-state index contributed by atoms with van der Waals surface area (Å²) in [4.78, 5) is 17.3. The maximum Gasteiger partial charge on any atom is 0.236 e. The number of carbonyl (C=O) groups is 1. The number of hydrogen-bond donors (Lipinski definition) is 2. The van der Waals surface area contributed by atoms with Crippen molar-refractivity contribution < 1.29 is 9.18 Å². The van der Waals surface area contributed by atoms with Gasteiger partial charge in [-0.05, 0) is 63.1 Å². The molecule has 0 aliphatic carbocycles. The van der Waals surface area contributed by atoms with E-state index >= 15 is 0 Å². The topological polar surface area (TPSA) is 54.0 Å². The number of rotatable bonds is 3. The van der Waals surface area contributed by atoms with Gasteiger partial charge < -0.3 is 10.6 Å². The van der Waals surface area contributed by atoms with Crippen molar-refractivity contribution in [1.29, 1.82) is 0 Å². The second-order valence-electron chi connectivity index (χ2n) is 6.31. The van der Waals surface area contributed by atoms with Gasteiger partial charge in [0.1, 0.15) is 5.82 Å². The van der Waals surface area contributed by atoms with E-state index in [0.29, 0.717) is 5.69 Å². The average Bonchev–Trinajstić information content (AvgIpc) is 2.56. The highest BCUT2D eigenvalue weighted by Gasteiger charge is 2.32. The zero-order valence-corrected chi connectivity index (χ0v) is 13.3. The molecule has 120 valence electrons. The standard InChI is InChI=1S/C18H20FN3O/c1-18(2,17(23)21-13-7-5-12(19)6-8-13)16-10-9-14-15(22-16)4-3-11-20-14/h5-10,20H,3-4,11H2,1-2H3,(H,21,23). The molecule has 2 heterocycles. The number of aromatic nitrogens is 1. The maximum atomic E-state index is 13.0. The Morgan fingerprint density at radius 3 is 2.70 bits per heavy atom. The van der Waals surface area contributed by atoms with Crippen LogP contribution in [0.3, 0.4) is 0 Å². The van der Waals surface area contributed by atoms with Gasteiger partial charge in [0.2, 0.25) is 5.91 Å². The molecule has 0 radical (unpaired) electrons. The van der Waals surface area contributed by atoms with Crippen LogP contribution in [-0.2, 0) is 16.6 Å². The van der Waals surface area contributed by atoms with Crippen LogP contribution in [0.5, 0.6) is 0 Å². The molecular weight excluding hydrogens is 293 g/mol. The Morgan fingerprint density at radius 2 is 1.96 bits per heavy atom. The zero-order valence-electron chi connectivity index (χ0n) is 13.3. The third-order valence-electron chi connectivity index (χ3n) is 4.19. The third-order valence-corrected chi connectivity index (χ3v) is 4.19. The molecule has 0 fully saturated rings. The van der Waals surface area contributed by atoms with Crippen LogP contribution in [0.25, 0.3) is 0 Å². The number of anilines is 2. The molecule has 0 atom stereocenters. The first-order valence-electron chi connectivity index (χ1n) is 7.78. The van der Waals surface area contributed by atoms with Crippen LogP contribution in [-0.4, -0.2) is 17.4 Å². The summed E-state index contributed by atoms with van der Waals surface area (Å²) in [5.41, 5.74) is 2.59. The number of amides is 1. The Morgan fingerprint density at radius 1 is 1.22 bits per heavy atom. The van der Waals surface area contributed by atoms with Gasteiger partial charge in [0.25, 0.3) is 0 Å². The van der Waals surface area contributed by atoms with E-state index in [1.54, 1.807) is 12.1 Å². The first kappa shape index (κ1) is 15.5.